The van der Waals surface area contributed by atoms with E-state index in [1.54, 1.807) is 6.08 Å². The van der Waals surface area contributed by atoms with Crippen LogP contribution in [0.5, 0.6) is 0 Å². The monoisotopic (exact) mass is 1470 g/mol. The van der Waals surface area contributed by atoms with Gasteiger partial charge in [0.25, 0.3) is 0 Å². The number of Topliss-reactive ketones (excluding diaryl/α,β-unsaturated/α-hetero) is 4. The fraction of sp³-hybridized carbons (Fsp3) is 0.447. The second kappa shape index (κ2) is 49.6. The van der Waals surface area contributed by atoms with E-state index in [9.17, 15) is 24.0 Å². The van der Waals surface area contributed by atoms with Crippen LogP contribution in [0.2, 0.25) is 0 Å². The third kappa shape index (κ3) is 43.6. The zero-order valence-electron chi connectivity index (χ0n) is 67.6. The second-order valence-electron chi connectivity index (χ2n) is 35.4. The lowest BCUT2D eigenvalue weighted by Gasteiger charge is -2.21. The van der Waals surface area contributed by atoms with Crippen molar-refractivity contribution in [3.8, 4) is 0 Å². The van der Waals surface area contributed by atoms with Gasteiger partial charge in [-0.1, -0.05) is 443 Å². The van der Waals surface area contributed by atoms with Crippen LogP contribution in [0.25, 0.3) is 27.6 Å². The van der Waals surface area contributed by atoms with E-state index in [4.69, 9.17) is 0 Å². The lowest BCUT2D eigenvalue weighted by atomic mass is 9.85. The zero-order valence-corrected chi connectivity index (χ0v) is 67.6. The van der Waals surface area contributed by atoms with Crippen LogP contribution in [0, 0.1) is 58.7 Å². The summed E-state index contributed by atoms with van der Waals surface area (Å²) in [5, 5.41) is 4.47. The summed E-state index contributed by atoms with van der Waals surface area (Å²) in [7, 11) is 0. The van der Waals surface area contributed by atoms with Crippen LogP contribution in [-0.2, 0) is 27.8 Å². The summed E-state index contributed by atoms with van der Waals surface area (Å²) in [6, 6.07) is 72.4. The van der Waals surface area contributed by atoms with E-state index in [2.05, 4.69) is 151 Å². The number of hydrogen-bond acceptors (Lipinski definition) is 5. The zero-order chi connectivity index (χ0) is 77.0. The van der Waals surface area contributed by atoms with Crippen molar-refractivity contribution in [2.45, 2.75) is 271 Å². The molecule has 0 spiro atoms. The van der Waals surface area contributed by atoms with Crippen molar-refractivity contribution in [3.63, 3.8) is 0 Å². The Balaban J connectivity index is -0.000000276. The van der Waals surface area contributed by atoms with E-state index in [1.165, 1.54) is 45.2 Å². The molecular weight excluding hydrogens is 1320 g/mol. The maximum Gasteiger partial charge on any atom is 0.168 e. The first kappa shape index (κ1) is 111. The van der Waals surface area contributed by atoms with Gasteiger partial charge in [-0.15, -0.1) is 0 Å². The molecule has 9 aromatic rings. The van der Waals surface area contributed by atoms with Gasteiger partial charge in [0.15, 0.2) is 23.1 Å². The first-order valence-corrected chi connectivity index (χ1v) is 36.0. The summed E-state index contributed by atoms with van der Waals surface area (Å²) in [5.41, 5.74) is 11.7. The Morgan fingerprint density at radius 2 is 0.741 bits per heavy atom. The summed E-state index contributed by atoms with van der Waals surface area (Å²) in [6.07, 6.45) is 6.17. The van der Waals surface area contributed by atoms with Crippen LogP contribution in [-0.4, -0.2) is 28.9 Å². The normalized spacial score (nSPS) is 10.9. The Bertz CT molecular complexity index is 4000. The molecule has 0 aliphatic rings. The first-order valence-electron chi connectivity index (χ1n) is 36.0. The average Bonchev–Trinajstić information content (AvgIpc) is 0.807. The largest absolute Gasteiger partial charge is 0.299 e. The second-order valence-corrected chi connectivity index (χ2v) is 35.4. The molecule has 9 rings (SSSR count). The highest BCUT2D eigenvalue weighted by molar-refractivity contribution is 6.10. The van der Waals surface area contributed by atoms with Gasteiger partial charge in [0.05, 0.1) is 0 Å². The third-order valence-corrected chi connectivity index (χ3v) is 15.9. The van der Waals surface area contributed by atoms with Gasteiger partial charge >= 0.3 is 0 Å². The van der Waals surface area contributed by atoms with Crippen molar-refractivity contribution < 1.29 is 24.0 Å². The Hall–Kier alpha value is -8.41. The highest BCUT2D eigenvalue weighted by atomic mass is 16.1. The molecule has 5 heteroatoms. The number of carbonyl (C=O) groups excluding carboxylic acids is 5. The molecule has 0 radical (unpaired) electrons. The molecule has 0 aliphatic heterocycles. The van der Waals surface area contributed by atoms with E-state index in [0.29, 0.717) is 28.4 Å². The Labute approximate surface area is 665 Å². The Kier molecular flexibility index (Phi) is 50.8. The van der Waals surface area contributed by atoms with Crippen LogP contribution in [0.1, 0.15) is 302 Å². The molecule has 5 nitrogen and oxygen atoms in total. The van der Waals surface area contributed by atoms with Gasteiger partial charge in [0.2, 0.25) is 0 Å². The van der Waals surface area contributed by atoms with E-state index in [0.717, 1.165) is 44.8 Å². The van der Waals surface area contributed by atoms with Crippen LogP contribution >= 0.6 is 0 Å². The number of carbonyl (C=O) groups is 5. The molecular formula is C103H156O5. The minimum absolute atomic E-state index is 0. The van der Waals surface area contributed by atoms with E-state index < -0.39 is 0 Å². The SMILES string of the molecule is C.C.C.C.C.C.C.CC(C)(C)C.CC(C)(C)C(=O)/C=C/c1ccccc1.CC(C)(C)C(=O)CCc1ccccc1.CC(C)(C)C(=O)c1ccc2ccccc2c1.CC(C)(C)C(=O)c1cccc2ccccc12.CC(C)(C)C(=O)c1ccccc1.CC(C)(C)c1ccccc1.Cc1ccc(CC(C)(C)C)c(C)c1C. The molecule has 9 aromatic carbocycles. The number of fused-ring (bicyclic) bond motifs is 2. The third-order valence-electron chi connectivity index (χ3n) is 15.9. The summed E-state index contributed by atoms with van der Waals surface area (Å²) in [4.78, 5) is 59.2. The van der Waals surface area contributed by atoms with Crippen molar-refractivity contribution in [1.82, 2.24) is 0 Å². The van der Waals surface area contributed by atoms with Crippen molar-refractivity contribution >= 4 is 56.5 Å². The molecule has 598 valence electrons. The summed E-state index contributed by atoms with van der Waals surface area (Å²) < 4.78 is 0. The fourth-order valence-corrected chi connectivity index (χ4v) is 9.59. The van der Waals surface area contributed by atoms with Gasteiger partial charge < -0.3 is 0 Å². The minimum atomic E-state index is -0.329. The quantitative estimate of drug-likeness (QED) is 0.106. The number of hydrogen-bond donors (Lipinski definition) is 0. The van der Waals surface area contributed by atoms with E-state index in [1.807, 2.05) is 268 Å². The smallest absolute Gasteiger partial charge is 0.168 e. The van der Waals surface area contributed by atoms with E-state index in [-0.39, 0.29) is 102 Å². The highest BCUT2D eigenvalue weighted by Gasteiger charge is 2.26. The first-order chi connectivity index (χ1) is 46.4. The van der Waals surface area contributed by atoms with Crippen LogP contribution in [0.4, 0.5) is 0 Å². The highest BCUT2D eigenvalue weighted by Crippen LogP contribution is 2.30. The average molecular weight is 1470 g/mol. The molecule has 0 unspecified atom stereocenters. The minimum Gasteiger partial charge on any atom is -0.299 e. The van der Waals surface area contributed by atoms with Crippen LogP contribution in [0.15, 0.2) is 224 Å². The topological polar surface area (TPSA) is 85.3 Å². The van der Waals surface area contributed by atoms with Gasteiger partial charge in [0.1, 0.15) is 5.78 Å². The standard InChI is InChI=1S/2C15H16O.C14H22.C13H18O.C13H16O.C11H14O.C10H14.C5H12.7CH4/c1-15(2,3)14(16)13-10-6-8-11-7-4-5-9-12(11)13;1-15(2,3)14(16)13-9-8-11-6-4-5-7-12(11)10-13;1-10-7-8-13(9-14(4,5)6)12(3)11(10)2;2*1-13(2,3)12(14)10-9-11-7-5-4-6-8-11;1-11(2,3)10(12)9-7-5-4-6-8-9;1-10(2,3)9-7-5-4-6-8-9;1-5(2,3)4;;;;;;;/h2*4-10H,1-3H3;7-8H,9H2,1-6H3;4-8H,9-10H2,1-3H3;4-10H,1-3H3;4-8H,1-3H3;4-8H,1-3H3;1-4H3;7*1H4/b;;;;10-9+;;;;;;;;;;. The predicted molar refractivity (Wildman–Crippen MR) is 486 cm³/mol. The van der Waals surface area contributed by atoms with Gasteiger partial charge in [-0.3, -0.25) is 24.0 Å². The van der Waals surface area contributed by atoms with Gasteiger partial charge in [-0.25, -0.2) is 0 Å². The molecule has 0 saturated heterocycles. The molecule has 0 bridgehead atoms. The number of aryl methyl sites for hydroxylation is 2. The van der Waals surface area contributed by atoms with Crippen LogP contribution in [0.3, 0.4) is 0 Å². The molecule has 0 aliphatic carbocycles. The molecule has 0 saturated carbocycles. The lowest BCUT2D eigenvalue weighted by molar-refractivity contribution is -0.126. The number of benzene rings is 9. The van der Waals surface area contributed by atoms with Crippen LogP contribution < -0.4 is 0 Å². The fourth-order valence-electron chi connectivity index (χ4n) is 9.59. The summed E-state index contributed by atoms with van der Waals surface area (Å²) >= 11 is 0. The maximum atomic E-state index is 12.3. The number of allylic oxidation sites excluding steroid dienone is 1. The molecule has 108 heavy (non-hydrogen) atoms. The molecule has 0 amide bonds. The summed E-state index contributed by atoms with van der Waals surface area (Å²) in [6.45, 7) is 58.1. The molecule has 0 atom stereocenters. The Morgan fingerprint density at radius 3 is 1.17 bits per heavy atom. The molecule has 0 heterocycles. The molecule has 0 fully saturated rings. The van der Waals surface area contributed by atoms with Crippen molar-refractivity contribution in [3.05, 3.63) is 280 Å². The van der Waals surface area contributed by atoms with Crippen molar-refractivity contribution in [2.24, 2.45) is 37.9 Å². The van der Waals surface area contributed by atoms with Gasteiger partial charge in [0, 0.05) is 50.2 Å². The van der Waals surface area contributed by atoms with Gasteiger partial charge in [-0.2, -0.15) is 0 Å². The Morgan fingerprint density at radius 1 is 0.343 bits per heavy atom. The summed E-state index contributed by atoms with van der Waals surface area (Å²) in [5.74, 6) is 1.08. The predicted octanol–water partition coefficient (Wildman–Crippen LogP) is 31.3. The van der Waals surface area contributed by atoms with Crippen molar-refractivity contribution in [2.75, 3.05) is 0 Å². The maximum absolute atomic E-state index is 12.3. The van der Waals surface area contributed by atoms with Gasteiger partial charge in [-0.05, 0) is 122 Å². The van der Waals surface area contributed by atoms with E-state index >= 15 is 0 Å². The number of ketones is 5. The van der Waals surface area contributed by atoms with Crippen molar-refractivity contribution in [1.29, 1.82) is 0 Å². The molecule has 0 aromatic heterocycles. The lowest BCUT2D eigenvalue weighted by Crippen LogP contribution is -2.20. The molecule has 0 N–H and O–H groups in total. The number of rotatable bonds is 9.